The third-order valence-electron chi connectivity index (χ3n) is 3.76. The molecule has 1 fully saturated rings. The van der Waals surface area contributed by atoms with Crippen LogP contribution in [0.25, 0.3) is 0 Å². The fraction of sp³-hybridized carbons (Fsp3) is 1.00. The van der Waals surface area contributed by atoms with E-state index in [4.69, 9.17) is 0 Å². The Morgan fingerprint density at radius 3 is 2.21 bits per heavy atom. The first-order valence-corrected chi connectivity index (χ1v) is 8.54. The zero-order chi connectivity index (χ0) is 14.1. The quantitative estimate of drug-likeness (QED) is 0.540. The minimum absolute atomic E-state index is 0.781. The largest absolute Gasteiger partial charge is 0.316 e. The van der Waals surface area contributed by atoms with Crippen LogP contribution in [0.4, 0.5) is 0 Å². The molecule has 1 rings (SSSR count). The van der Waals surface area contributed by atoms with Gasteiger partial charge in [0.05, 0.1) is 0 Å². The first kappa shape index (κ1) is 17.0. The summed E-state index contributed by atoms with van der Waals surface area (Å²) in [6.45, 7) is 14.2. The third-order valence-corrected chi connectivity index (χ3v) is 3.76. The van der Waals surface area contributed by atoms with Crippen LogP contribution in [-0.2, 0) is 0 Å². The van der Waals surface area contributed by atoms with Crippen molar-refractivity contribution in [2.75, 3.05) is 26.2 Å². The van der Waals surface area contributed by atoms with Crippen molar-refractivity contribution in [3.63, 3.8) is 0 Å². The fourth-order valence-corrected chi connectivity index (χ4v) is 2.64. The molecule has 1 saturated carbocycles. The molecule has 1 N–H and O–H groups in total. The monoisotopic (exact) mass is 268 g/mol. The van der Waals surface area contributed by atoms with Crippen molar-refractivity contribution in [3.05, 3.63) is 0 Å². The lowest BCUT2D eigenvalue weighted by Crippen LogP contribution is -2.31. The molecule has 2 nitrogen and oxygen atoms in total. The maximum atomic E-state index is 3.53. The number of unbranched alkanes of at least 4 members (excludes halogenated alkanes) is 3. The Bertz CT molecular complexity index is 209. The minimum atomic E-state index is 0.781. The number of hydrogen-bond donors (Lipinski definition) is 1. The zero-order valence-corrected chi connectivity index (χ0v) is 13.8. The van der Waals surface area contributed by atoms with Crippen molar-refractivity contribution >= 4 is 0 Å². The Hall–Kier alpha value is -0.0800. The highest BCUT2D eigenvalue weighted by atomic mass is 15.2. The Morgan fingerprint density at radius 2 is 1.63 bits per heavy atom. The lowest BCUT2D eigenvalue weighted by Gasteiger charge is -2.23. The molecule has 1 aliphatic rings. The van der Waals surface area contributed by atoms with Crippen LogP contribution in [0.5, 0.6) is 0 Å². The molecule has 0 aromatic heterocycles. The molecule has 0 aliphatic heterocycles. The van der Waals surface area contributed by atoms with Crippen LogP contribution in [0.1, 0.15) is 66.2 Å². The van der Waals surface area contributed by atoms with Crippen LogP contribution < -0.4 is 5.32 Å². The average molecular weight is 268 g/mol. The van der Waals surface area contributed by atoms with E-state index in [0.717, 1.165) is 17.9 Å². The van der Waals surface area contributed by atoms with Crippen molar-refractivity contribution in [1.29, 1.82) is 0 Å². The van der Waals surface area contributed by atoms with Crippen LogP contribution >= 0.6 is 0 Å². The van der Waals surface area contributed by atoms with Gasteiger partial charge in [0.15, 0.2) is 0 Å². The molecule has 0 aromatic rings. The van der Waals surface area contributed by atoms with E-state index in [0.29, 0.717) is 0 Å². The van der Waals surface area contributed by atoms with Gasteiger partial charge in [-0.25, -0.2) is 0 Å². The van der Waals surface area contributed by atoms with E-state index in [-0.39, 0.29) is 0 Å². The van der Waals surface area contributed by atoms with E-state index in [1.165, 1.54) is 64.7 Å². The highest BCUT2D eigenvalue weighted by molar-refractivity contribution is 4.84. The molecule has 0 atom stereocenters. The predicted molar refractivity (Wildman–Crippen MR) is 85.6 cm³/mol. The second-order valence-corrected chi connectivity index (χ2v) is 7.13. The second-order valence-electron chi connectivity index (χ2n) is 7.13. The Kier molecular flexibility index (Phi) is 8.72. The van der Waals surface area contributed by atoms with Gasteiger partial charge in [-0.1, -0.05) is 40.5 Å². The van der Waals surface area contributed by atoms with Gasteiger partial charge in [-0.05, 0) is 57.2 Å². The molecular formula is C17H36N2. The molecule has 0 spiro atoms. The van der Waals surface area contributed by atoms with Crippen molar-refractivity contribution in [3.8, 4) is 0 Å². The van der Waals surface area contributed by atoms with E-state index in [1.807, 2.05) is 0 Å². The van der Waals surface area contributed by atoms with Crippen LogP contribution in [0, 0.1) is 11.8 Å². The van der Waals surface area contributed by atoms with E-state index in [2.05, 4.69) is 37.9 Å². The average Bonchev–Trinajstić information content (AvgIpc) is 3.14. The summed E-state index contributed by atoms with van der Waals surface area (Å²) in [4.78, 5) is 2.74. The zero-order valence-electron chi connectivity index (χ0n) is 13.8. The van der Waals surface area contributed by atoms with E-state index < -0.39 is 0 Å². The van der Waals surface area contributed by atoms with E-state index >= 15 is 0 Å². The molecule has 1 aliphatic carbocycles. The van der Waals surface area contributed by atoms with Gasteiger partial charge in [-0.3, -0.25) is 0 Å². The van der Waals surface area contributed by atoms with Crippen molar-refractivity contribution < 1.29 is 0 Å². The summed E-state index contributed by atoms with van der Waals surface area (Å²) in [5.74, 6) is 1.60. The smallest absolute Gasteiger partial charge is 0.00965 e. The number of nitrogens with one attached hydrogen (secondary N) is 1. The maximum absolute atomic E-state index is 3.53. The van der Waals surface area contributed by atoms with Gasteiger partial charge < -0.3 is 10.2 Å². The van der Waals surface area contributed by atoms with Crippen molar-refractivity contribution in [2.24, 2.45) is 11.8 Å². The number of rotatable bonds is 12. The summed E-state index contributed by atoms with van der Waals surface area (Å²) >= 11 is 0. The Balaban J connectivity index is 1.91. The molecule has 0 unspecified atom stereocenters. The predicted octanol–water partition coefficient (Wildman–Crippen LogP) is 3.91. The van der Waals surface area contributed by atoms with Gasteiger partial charge >= 0.3 is 0 Å². The molecule has 0 amide bonds. The van der Waals surface area contributed by atoms with Gasteiger partial charge in [0, 0.05) is 12.6 Å². The lowest BCUT2D eigenvalue weighted by atomic mass is 10.1. The highest BCUT2D eigenvalue weighted by Crippen LogP contribution is 2.27. The summed E-state index contributed by atoms with van der Waals surface area (Å²) in [5, 5.41) is 3.53. The first-order valence-electron chi connectivity index (χ1n) is 8.54. The molecule has 0 saturated heterocycles. The molecule has 0 radical (unpaired) electrons. The van der Waals surface area contributed by atoms with Gasteiger partial charge in [-0.15, -0.1) is 0 Å². The fourth-order valence-electron chi connectivity index (χ4n) is 2.64. The number of nitrogens with zero attached hydrogens (tertiary/aromatic N) is 1. The molecule has 0 bridgehead atoms. The molecular weight excluding hydrogens is 232 g/mol. The molecule has 114 valence electrons. The van der Waals surface area contributed by atoms with Crippen LogP contribution in [0.15, 0.2) is 0 Å². The standard InChI is InChI=1S/C17H36N2/c1-15(2)13-18-11-7-5-6-8-12-19(14-16(3)4)17-9-10-17/h15-18H,5-14H2,1-4H3. The maximum Gasteiger partial charge on any atom is 0.00965 e. The van der Waals surface area contributed by atoms with Crippen LogP contribution in [0.2, 0.25) is 0 Å². The van der Waals surface area contributed by atoms with Gasteiger partial charge in [0.2, 0.25) is 0 Å². The third kappa shape index (κ3) is 9.45. The molecule has 0 heterocycles. The SMILES string of the molecule is CC(C)CNCCCCCCN(CC(C)C)C1CC1. The lowest BCUT2D eigenvalue weighted by molar-refractivity contribution is 0.229. The summed E-state index contributed by atoms with van der Waals surface area (Å²) < 4.78 is 0. The number of hydrogen-bond acceptors (Lipinski definition) is 2. The van der Waals surface area contributed by atoms with Gasteiger partial charge in [-0.2, -0.15) is 0 Å². The Labute approximate surface area is 121 Å². The molecule has 0 aromatic carbocycles. The summed E-state index contributed by atoms with van der Waals surface area (Å²) in [5.41, 5.74) is 0. The first-order chi connectivity index (χ1) is 9.09. The Morgan fingerprint density at radius 1 is 0.947 bits per heavy atom. The van der Waals surface area contributed by atoms with E-state index in [1.54, 1.807) is 0 Å². The topological polar surface area (TPSA) is 15.3 Å². The molecule has 2 heteroatoms. The normalized spacial score (nSPS) is 15.9. The molecule has 19 heavy (non-hydrogen) atoms. The summed E-state index contributed by atoms with van der Waals surface area (Å²) in [6, 6.07) is 0.940. The van der Waals surface area contributed by atoms with Crippen molar-refractivity contribution in [1.82, 2.24) is 10.2 Å². The van der Waals surface area contributed by atoms with Gasteiger partial charge in [0.1, 0.15) is 0 Å². The second kappa shape index (κ2) is 9.77. The van der Waals surface area contributed by atoms with Crippen LogP contribution in [0.3, 0.4) is 0 Å². The van der Waals surface area contributed by atoms with Gasteiger partial charge in [0.25, 0.3) is 0 Å². The van der Waals surface area contributed by atoms with Crippen molar-refractivity contribution in [2.45, 2.75) is 72.3 Å². The van der Waals surface area contributed by atoms with E-state index in [9.17, 15) is 0 Å². The minimum Gasteiger partial charge on any atom is -0.316 e. The van der Waals surface area contributed by atoms with Crippen LogP contribution in [-0.4, -0.2) is 37.1 Å². The summed E-state index contributed by atoms with van der Waals surface area (Å²) in [6.07, 6.45) is 8.45. The summed E-state index contributed by atoms with van der Waals surface area (Å²) in [7, 11) is 0. The highest BCUT2D eigenvalue weighted by Gasteiger charge is 2.28.